The van der Waals surface area contributed by atoms with Crippen LogP contribution in [0.3, 0.4) is 0 Å². The average molecular weight is 307 g/mol. The summed E-state index contributed by atoms with van der Waals surface area (Å²) in [6.07, 6.45) is 3.05. The highest BCUT2D eigenvalue weighted by Crippen LogP contribution is 2.33. The van der Waals surface area contributed by atoms with Crippen LogP contribution in [0.4, 0.5) is 11.4 Å². The van der Waals surface area contributed by atoms with Gasteiger partial charge in [-0.2, -0.15) is 0 Å². The van der Waals surface area contributed by atoms with Crippen molar-refractivity contribution in [2.75, 3.05) is 29.5 Å². The Labute approximate surface area is 121 Å². The van der Waals surface area contributed by atoms with Crippen molar-refractivity contribution in [2.24, 2.45) is 0 Å². The van der Waals surface area contributed by atoms with Crippen LogP contribution in [0, 0.1) is 10.1 Å². The zero-order chi connectivity index (χ0) is 15.0. The lowest BCUT2D eigenvalue weighted by molar-refractivity contribution is -0.383. The molecule has 7 nitrogen and oxygen atoms in total. The number of anilines is 1. The minimum absolute atomic E-state index is 0.00600. The molecule has 1 aliphatic rings. The number of sulfone groups is 1. The average Bonchev–Trinajstić information content (AvgIpc) is 2.46. The number of rotatable bonds is 2. The SMILES string of the molecule is O=[N+]([O-])c1ccc(N2CCS(=O)(=O)CC2)c2ccncc12. The Morgan fingerprint density at radius 2 is 1.86 bits per heavy atom. The summed E-state index contributed by atoms with van der Waals surface area (Å²) < 4.78 is 23.0. The van der Waals surface area contributed by atoms with E-state index in [0.29, 0.717) is 18.5 Å². The standard InChI is InChI=1S/C13H13N3O4S/c17-16(18)13-2-1-12(10-3-4-14-9-11(10)13)15-5-7-21(19,20)8-6-15/h1-4,9H,5-8H2. The van der Waals surface area contributed by atoms with Crippen LogP contribution < -0.4 is 4.90 Å². The lowest BCUT2D eigenvalue weighted by Crippen LogP contribution is -2.40. The molecule has 0 amide bonds. The number of hydrogen-bond donors (Lipinski definition) is 0. The fourth-order valence-electron chi connectivity index (χ4n) is 2.55. The van der Waals surface area contributed by atoms with Gasteiger partial charge in [-0.3, -0.25) is 15.1 Å². The van der Waals surface area contributed by atoms with Gasteiger partial charge in [0.2, 0.25) is 0 Å². The molecule has 0 atom stereocenters. The number of nitrogens with zero attached hydrogens (tertiary/aromatic N) is 3. The topological polar surface area (TPSA) is 93.4 Å². The second kappa shape index (κ2) is 4.96. The molecule has 0 aliphatic carbocycles. The first kappa shape index (κ1) is 13.7. The van der Waals surface area contributed by atoms with Crippen LogP contribution in [0.25, 0.3) is 10.8 Å². The van der Waals surface area contributed by atoms with Crippen LogP contribution in [0.5, 0.6) is 0 Å². The number of non-ortho nitro benzene ring substituents is 1. The van der Waals surface area contributed by atoms with E-state index in [2.05, 4.69) is 4.98 Å². The number of aromatic nitrogens is 1. The highest BCUT2D eigenvalue weighted by Gasteiger charge is 2.24. The van der Waals surface area contributed by atoms with Crippen molar-refractivity contribution in [3.63, 3.8) is 0 Å². The number of hydrogen-bond acceptors (Lipinski definition) is 6. The lowest BCUT2D eigenvalue weighted by atomic mass is 10.1. The van der Waals surface area contributed by atoms with Crippen LogP contribution in [0.1, 0.15) is 0 Å². The van der Waals surface area contributed by atoms with E-state index in [1.165, 1.54) is 12.3 Å². The Bertz CT molecular complexity index is 805. The number of nitro groups is 1. The summed E-state index contributed by atoms with van der Waals surface area (Å²) in [6.45, 7) is 0.801. The van der Waals surface area contributed by atoms with Crippen molar-refractivity contribution >= 4 is 32.0 Å². The molecule has 3 rings (SSSR count). The number of pyridine rings is 1. The second-order valence-corrected chi connectivity index (χ2v) is 7.22. The zero-order valence-corrected chi connectivity index (χ0v) is 11.9. The molecule has 0 bridgehead atoms. The summed E-state index contributed by atoms with van der Waals surface area (Å²) in [5.41, 5.74) is 0.819. The van der Waals surface area contributed by atoms with Gasteiger partial charge in [-0.1, -0.05) is 0 Å². The summed E-state index contributed by atoms with van der Waals surface area (Å²) in [5, 5.41) is 12.3. The van der Waals surface area contributed by atoms with E-state index in [1.54, 1.807) is 18.3 Å². The molecular weight excluding hydrogens is 294 g/mol. The Morgan fingerprint density at radius 3 is 2.52 bits per heavy atom. The van der Waals surface area contributed by atoms with Crippen molar-refractivity contribution in [3.05, 3.63) is 40.7 Å². The molecule has 8 heteroatoms. The van der Waals surface area contributed by atoms with Gasteiger partial charge in [0.1, 0.15) is 0 Å². The predicted molar refractivity (Wildman–Crippen MR) is 79.3 cm³/mol. The van der Waals surface area contributed by atoms with Crippen LogP contribution in [0.15, 0.2) is 30.6 Å². The minimum Gasteiger partial charge on any atom is -0.369 e. The highest BCUT2D eigenvalue weighted by molar-refractivity contribution is 7.91. The van der Waals surface area contributed by atoms with Gasteiger partial charge >= 0.3 is 0 Å². The molecule has 0 saturated carbocycles. The van der Waals surface area contributed by atoms with Crippen molar-refractivity contribution in [2.45, 2.75) is 0 Å². The smallest absolute Gasteiger partial charge is 0.278 e. The Balaban J connectivity index is 2.08. The van der Waals surface area contributed by atoms with Gasteiger partial charge in [0.15, 0.2) is 9.84 Å². The molecule has 0 unspecified atom stereocenters. The molecule has 1 aromatic heterocycles. The van der Waals surface area contributed by atoms with Crippen molar-refractivity contribution < 1.29 is 13.3 Å². The maximum absolute atomic E-state index is 11.5. The van der Waals surface area contributed by atoms with Crippen molar-refractivity contribution in [1.82, 2.24) is 4.98 Å². The Hall–Kier alpha value is -2.22. The third-order valence-corrected chi connectivity index (χ3v) is 5.26. The van der Waals surface area contributed by atoms with Gasteiger partial charge in [-0.05, 0) is 12.1 Å². The van der Waals surface area contributed by atoms with Gasteiger partial charge in [0, 0.05) is 42.6 Å². The highest BCUT2D eigenvalue weighted by atomic mass is 32.2. The first-order valence-electron chi connectivity index (χ1n) is 6.44. The van der Waals surface area contributed by atoms with E-state index in [0.717, 1.165) is 11.1 Å². The molecule has 0 radical (unpaired) electrons. The molecule has 1 aliphatic heterocycles. The van der Waals surface area contributed by atoms with E-state index in [-0.39, 0.29) is 17.2 Å². The minimum atomic E-state index is -2.96. The number of fused-ring (bicyclic) bond motifs is 1. The van der Waals surface area contributed by atoms with Gasteiger partial charge in [0.25, 0.3) is 5.69 Å². The lowest BCUT2D eigenvalue weighted by Gasteiger charge is -2.29. The molecule has 2 heterocycles. The van der Waals surface area contributed by atoms with E-state index in [4.69, 9.17) is 0 Å². The predicted octanol–water partition coefficient (Wildman–Crippen LogP) is 1.38. The van der Waals surface area contributed by atoms with E-state index < -0.39 is 14.8 Å². The molecular formula is C13H13N3O4S. The van der Waals surface area contributed by atoms with Crippen molar-refractivity contribution in [3.8, 4) is 0 Å². The van der Waals surface area contributed by atoms with Crippen LogP contribution >= 0.6 is 0 Å². The third kappa shape index (κ3) is 2.54. The first-order chi connectivity index (χ1) is 9.98. The second-order valence-electron chi connectivity index (χ2n) is 4.92. The molecule has 0 N–H and O–H groups in total. The third-order valence-electron chi connectivity index (χ3n) is 3.65. The normalized spacial score (nSPS) is 17.8. The molecule has 1 fully saturated rings. The molecule has 1 aromatic carbocycles. The fraction of sp³-hybridized carbons (Fsp3) is 0.308. The van der Waals surface area contributed by atoms with Crippen LogP contribution in [-0.2, 0) is 9.84 Å². The van der Waals surface area contributed by atoms with Crippen LogP contribution in [-0.4, -0.2) is 42.9 Å². The van der Waals surface area contributed by atoms with Gasteiger partial charge in [-0.15, -0.1) is 0 Å². The summed E-state index contributed by atoms with van der Waals surface area (Å²) in [7, 11) is -2.96. The Kier molecular flexibility index (Phi) is 3.25. The van der Waals surface area contributed by atoms with E-state index >= 15 is 0 Å². The van der Waals surface area contributed by atoms with Gasteiger partial charge in [0.05, 0.1) is 21.8 Å². The summed E-state index contributed by atoms with van der Waals surface area (Å²) in [5.74, 6) is 0.215. The molecule has 2 aromatic rings. The monoisotopic (exact) mass is 307 g/mol. The fourth-order valence-corrected chi connectivity index (χ4v) is 3.75. The molecule has 0 spiro atoms. The van der Waals surface area contributed by atoms with E-state index in [9.17, 15) is 18.5 Å². The number of benzene rings is 1. The van der Waals surface area contributed by atoms with Crippen molar-refractivity contribution in [1.29, 1.82) is 0 Å². The van der Waals surface area contributed by atoms with Gasteiger partial charge < -0.3 is 4.90 Å². The number of nitro benzene ring substituents is 1. The molecule has 1 saturated heterocycles. The van der Waals surface area contributed by atoms with Crippen LogP contribution in [0.2, 0.25) is 0 Å². The summed E-state index contributed by atoms with van der Waals surface area (Å²) in [4.78, 5) is 16.5. The zero-order valence-electron chi connectivity index (χ0n) is 11.1. The van der Waals surface area contributed by atoms with E-state index in [1.807, 2.05) is 4.90 Å². The quantitative estimate of drug-likeness (QED) is 0.614. The molecule has 110 valence electrons. The Morgan fingerprint density at radius 1 is 1.14 bits per heavy atom. The summed E-state index contributed by atoms with van der Waals surface area (Å²) >= 11 is 0. The maximum atomic E-state index is 11.5. The van der Waals surface area contributed by atoms with Gasteiger partial charge in [-0.25, -0.2) is 8.42 Å². The largest absolute Gasteiger partial charge is 0.369 e. The molecule has 21 heavy (non-hydrogen) atoms. The first-order valence-corrected chi connectivity index (χ1v) is 8.26. The maximum Gasteiger partial charge on any atom is 0.278 e. The summed E-state index contributed by atoms with van der Waals surface area (Å²) in [6, 6.07) is 4.85.